The molecular formula is C13H20N2O2S. The Hall–Kier alpha value is -0.940. The molecule has 1 N–H and O–H groups in total. The molecule has 100 valence electrons. The third kappa shape index (κ3) is 3.53. The SMILES string of the molecule is CCCc1nc(CN2CCCC2)sc1CC(=O)O. The van der Waals surface area contributed by atoms with E-state index in [1.807, 2.05) is 0 Å². The van der Waals surface area contributed by atoms with Gasteiger partial charge in [-0.15, -0.1) is 11.3 Å². The predicted octanol–water partition coefficient (Wildman–Crippen LogP) is 2.32. The minimum atomic E-state index is -0.760. The van der Waals surface area contributed by atoms with Crippen LogP contribution >= 0.6 is 11.3 Å². The highest BCUT2D eigenvalue weighted by molar-refractivity contribution is 7.11. The summed E-state index contributed by atoms with van der Waals surface area (Å²) in [6.07, 6.45) is 4.57. The van der Waals surface area contributed by atoms with Gasteiger partial charge < -0.3 is 5.11 Å². The lowest BCUT2D eigenvalue weighted by Gasteiger charge is -2.11. The van der Waals surface area contributed by atoms with Crippen LogP contribution in [0.4, 0.5) is 0 Å². The van der Waals surface area contributed by atoms with Crippen LogP contribution in [0.1, 0.15) is 41.8 Å². The van der Waals surface area contributed by atoms with Crippen molar-refractivity contribution < 1.29 is 9.90 Å². The second-order valence-corrected chi connectivity index (χ2v) is 5.95. The number of rotatable bonds is 6. The lowest BCUT2D eigenvalue weighted by atomic mass is 10.2. The van der Waals surface area contributed by atoms with Crippen LogP contribution in [0.3, 0.4) is 0 Å². The molecule has 0 radical (unpaired) electrons. The number of aromatic nitrogens is 1. The number of nitrogens with zero attached hydrogens (tertiary/aromatic N) is 2. The summed E-state index contributed by atoms with van der Waals surface area (Å²) in [5.74, 6) is -0.760. The average Bonchev–Trinajstić information content (AvgIpc) is 2.90. The number of thiazole rings is 1. The van der Waals surface area contributed by atoms with Gasteiger partial charge in [0.1, 0.15) is 5.01 Å². The Morgan fingerprint density at radius 2 is 2.17 bits per heavy atom. The number of likely N-dealkylation sites (tertiary alicyclic amines) is 1. The van der Waals surface area contributed by atoms with E-state index in [2.05, 4.69) is 16.8 Å². The fourth-order valence-electron chi connectivity index (χ4n) is 2.34. The molecular weight excluding hydrogens is 248 g/mol. The van der Waals surface area contributed by atoms with Crippen LogP contribution in [0.15, 0.2) is 0 Å². The Kier molecular flexibility index (Phi) is 4.72. The normalized spacial score (nSPS) is 16.3. The highest BCUT2D eigenvalue weighted by Gasteiger charge is 2.17. The average molecular weight is 268 g/mol. The van der Waals surface area contributed by atoms with E-state index in [4.69, 9.17) is 5.11 Å². The Labute approximate surface area is 112 Å². The van der Waals surface area contributed by atoms with Crippen molar-refractivity contribution >= 4 is 17.3 Å². The topological polar surface area (TPSA) is 53.4 Å². The number of aryl methyl sites for hydroxylation is 1. The predicted molar refractivity (Wildman–Crippen MR) is 72.0 cm³/mol. The van der Waals surface area contributed by atoms with Crippen LogP contribution in [-0.2, 0) is 24.2 Å². The zero-order valence-electron chi connectivity index (χ0n) is 10.8. The van der Waals surface area contributed by atoms with Crippen LogP contribution in [0.25, 0.3) is 0 Å². The van der Waals surface area contributed by atoms with E-state index in [9.17, 15) is 4.79 Å². The number of hydrogen-bond donors (Lipinski definition) is 1. The first-order valence-corrected chi connectivity index (χ1v) is 7.42. The fraction of sp³-hybridized carbons (Fsp3) is 0.692. The van der Waals surface area contributed by atoms with E-state index in [1.54, 1.807) is 11.3 Å². The molecule has 2 rings (SSSR count). The molecule has 0 bridgehead atoms. The summed E-state index contributed by atoms with van der Waals surface area (Å²) in [5, 5.41) is 10.0. The van der Waals surface area contributed by atoms with Crippen molar-refractivity contribution in [3.63, 3.8) is 0 Å². The molecule has 4 nitrogen and oxygen atoms in total. The summed E-state index contributed by atoms with van der Waals surface area (Å²) >= 11 is 1.58. The van der Waals surface area contributed by atoms with Gasteiger partial charge in [-0.2, -0.15) is 0 Å². The van der Waals surface area contributed by atoms with E-state index in [1.165, 1.54) is 12.8 Å². The van der Waals surface area contributed by atoms with Gasteiger partial charge in [-0.25, -0.2) is 4.98 Å². The molecule has 0 atom stereocenters. The summed E-state index contributed by atoms with van der Waals surface area (Å²) in [6.45, 7) is 5.29. The number of aliphatic carboxylic acids is 1. The molecule has 0 unspecified atom stereocenters. The van der Waals surface area contributed by atoms with Crippen LogP contribution < -0.4 is 0 Å². The quantitative estimate of drug-likeness (QED) is 0.860. The maximum absolute atomic E-state index is 10.8. The maximum Gasteiger partial charge on any atom is 0.308 e. The Morgan fingerprint density at radius 3 is 2.78 bits per heavy atom. The summed E-state index contributed by atoms with van der Waals surface area (Å²) in [7, 11) is 0. The van der Waals surface area contributed by atoms with Crippen molar-refractivity contribution in [2.75, 3.05) is 13.1 Å². The first-order valence-electron chi connectivity index (χ1n) is 6.60. The zero-order valence-corrected chi connectivity index (χ0v) is 11.6. The molecule has 1 fully saturated rings. The smallest absolute Gasteiger partial charge is 0.308 e. The standard InChI is InChI=1S/C13H20N2O2S/c1-2-5-10-11(8-13(16)17)18-12(14-10)9-15-6-3-4-7-15/h2-9H2,1H3,(H,16,17). The van der Waals surface area contributed by atoms with Crippen LogP contribution in [0, 0.1) is 0 Å². The number of carboxylic acids is 1. The first kappa shape index (κ1) is 13.5. The van der Waals surface area contributed by atoms with Gasteiger partial charge in [0.2, 0.25) is 0 Å². The van der Waals surface area contributed by atoms with Crippen molar-refractivity contribution in [3.8, 4) is 0 Å². The van der Waals surface area contributed by atoms with E-state index in [0.29, 0.717) is 0 Å². The second-order valence-electron chi connectivity index (χ2n) is 4.78. The monoisotopic (exact) mass is 268 g/mol. The van der Waals surface area contributed by atoms with Gasteiger partial charge in [0.15, 0.2) is 0 Å². The first-order chi connectivity index (χ1) is 8.69. The van der Waals surface area contributed by atoms with Gasteiger partial charge in [-0.05, 0) is 32.4 Å². The molecule has 1 aliphatic rings. The Bertz CT molecular complexity index is 411. The van der Waals surface area contributed by atoms with Crippen molar-refractivity contribution in [1.29, 1.82) is 0 Å². The van der Waals surface area contributed by atoms with Crippen molar-refractivity contribution in [3.05, 3.63) is 15.6 Å². The van der Waals surface area contributed by atoms with Gasteiger partial charge in [-0.3, -0.25) is 9.69 Å². The number of carbonyl (C=O) groups is 1. The molecule has 0 saturated carbocycles. The molecule has 0 aliphatic carbocycles. The molecule has 0 spiro atoms. The summed E-state index contributed by atoms with van der Waals surface area (Å²) in [5.41, 5.74) is 0.999. The molecule has 5 heteroatoms. The van der Waals surface area contributed by atoms with Gasteiger partial charge in [0.25, 0.3) is 0 Å². The molecule has 1 saturated heterocycles. The molecule has 0 aromatic carbocycles. The van der Waals surface area contributed by atoms with Crippen LogP contribution in [-0.4, -0.2) is 34.0 Å². The maximum atomic E-state index is 10.8. The molecule has 1 aromatic heterocycles. The molecule has 1 aliphatic heterocycles. The van der Waals surface area contributed by atoms with E-state index in [-0.39, 0.29) is 6.42 Å². The second kappa shape index (κ2) is 6.29. The third-order valence-electron chi connectivity index (χ3n) is 3.18. The lowest BCUT2D eigenvalue weighted by Crippen LogP contribution is -2.18. The summed E-state index contributed by atoms with van der Waals surface area (Å²) in [4.78, 5) is 18.8. The molecule has 1 aromatic rings. The highest BCUT2D eigenvalue weighted by Crippen LogP contribution is 2.23. The minimum Gasteiger partial charge on any atom is -0.481 e. The summed E-state index contributed by atoms with van der Waals surface area (Å²) in [6, 6.07) is 0. The van der Waals surface area contributed by atoms with Crippen molar-refractivity contribution in [2.45, 2.75) is 45.6 Å². The molecule has 18 heavy (non-hydrogen) atoms. The van der Waals surface area contributed by atoms with Crippen molar-refractivity contribution in [2.24, 2.45) is 0 Å². The minimum absolute atomic E-state index is 0.118. The molecule has 2 heterocycles. The van der Waals surface area contributed by atoms with E-state index >= 15 is 0 Å². The van der Waals surface area contributed by atoms with Gasteiger partial charge in [-0.1, -0.05) is 13.3 Å². The number of hydrogen-bond acceptors (Lipinski definition) is 4. The van der Waals surface area contributed by atoms with E-state index < -0.39 is 5.97 Å². The van der Waals surface area contributed by atoms with Crippen molar-refractivity contribution in [1.82, 2.24) is 9.88 Å². The third-order valence-corrected chi connectivity index (χ3v) is 4.26. The summed E-state index contributed by atoms with van der Waals surface area (Å²) < 4.78 is 0. The Morgan fingerprint density at radius 1 is 1.44 bits per heavy atom. The Balaban J connectivity index is 2.07. The lowest BCUT2D eigenvalue weighted by molar-refractivity contribution is -0.136. The zero-order chi connectivity index (χ0) is 13.0. The van der Waals surface area contributed by atoms with Gasteiger partial charge in [0, 0.05) is 4.88 Å². The van der Waals surface area contributed by atoms with Gasteiger partial charge in [0.05, 0.1) is 18.7 Å². The van der Waals surface area contributed by atoms with Crippen LogP contribution in [0.5, 0.6) is 0 Å². The van der Waals surface area contributed by atoms with Crippen LogP contribution in [0.2, 0.25) is 0 Å². The highest BCUT2D eigenvalue weighted by atomic mass is 32.1. The fourth-order valence-corrected chi connectivity index (χ4v) is 3.49. The van der Waals surface area contributed by atoms with Gasteiger partial charge >= 0.3 is 5.97 Å². The largest absolute Gasteiger partial charge is 0.481 e. The van der Waals surface area contributed by atoms with E-state index in [0.717, 1.165) is 48.1 Å². The molecule has 0 amide bonds. The number of carboxylic acid groups (broad SMARTS) is 1.